The van der Waals surface area contributed by atoms with Crippen molar-refractivity contribution in [3.63, 3.8) is 0 Å². The van der Waals surface area contributed by atoms with Crippen molar-refractivity contribution in [1.29, 1.82) is 0 Å². The van der Waals surface area contributed by atoms with E-state index in [-0.39, 0.29) is 0 Å². The maximum atomic E-state index is 6.05. The Morgan fingerprint density at radius 1 is 1.08 bits per heavy atom. The number of nitrogens with two attached hydrogens (primary N) is 1. The van der Waals surface area contributed by atoms with Crippen molar-refractivity contribution < 1.29 is 9.47 Å². The molecule has 2 aromatic carbocycles. The zero-order valence-electron chi connectivity index (χ0n) is 14.7. The number of hydrogen-bond acceptors (Lipinski definition) is 5. The highest BCUT2D eigenvalue weighted by atomic mass is 79.9. The van der Waals surface area contributed by atoms with E-state index in [1.807, 2.05) is 55.5 Å². The van der Waals surface area contributed by atoms with Gasteiger partial charge in [-0.25, -0.2) is 4.98 Å². The number of ether oxygens (including phenoxy) is 2. The van der Waals surface area contributed by atoms with Crippen molar-refractivity contribution in [1.82, 2.24) is 9.97 Å². The van der Waals surface area contributed by atoms with Crippen LogP contribution in [0.15, 0.2) is 53.0 Å². The van der Waals surface area contributed by atoms with E-state index in [9.17, 15) is 0 Å². The Bertz CT molecular complexity index is 901. The third-order valence-electron chi connectivity index (χ3n) is 3.81. The molecule has 0 amide bonds. The lowest BCUT2D eigenvalue weighted by atomic mass is 10.1. The Kier molecular flexibility index (Phi) is 5.85. The summed E-state index contributed by atoms with van der Waals surface area (Å²) in [4.78, 5) is 8.90. The van der Waals surface area contributed by atoms with E-state index in [0.29, 0.717) is 29.7 Å². The minimum absolute atomic E-state index is 0.460. The van der Waals surface area contributed by atoms with Gasteiger partial charge in [0.25, 0.3) is 0 Å². The van der Waals surface area contributed by atoms with Crippen LogP contribution in [0.4, 0.5) is 0 Å². The lowest BCUT2D eigenvalue weighted by Crippen LogP contribution is -2.04. The van der Waals surface area contributed by atoms with Crippen molar-refractivity contribution in [2.45, 2.75) is 13.3 Å². The molecule has 3 rings (SSSR count). The molecule has 0 unspecified atom stereocenters. The topological polar surface area (TPSA) is 70.3 Å². The minimum Gasteiger partial charge on any atom is -0.493 e. The van der Waals surface area contributed by atoms with Gasteiger partial charge in [0.15, 0.2) is 11.5 Å². The average Bonchev–Trinajstić information content (AvgIpc) is 2.64. The molecule has 0 aliphatic heterocycles. The highest BCUT2D eigenvalue weighted by Crippen LogP contribution is 2.39. The summed E-state index contributed by atoms with van der Waals surface area (Å²) >= 11 is 3.56. The maximum Gasteiger partial charge on any atom is 0.223 e. The van der Waals surface area contributed by atoms with Gasteiger partial charge in [0.2, 0.25) is 5.88 Å². The largest absolute Gasteiger partial charge is 0.493 e. The fourth-order valence-corrected chi connectivity index (χ4v) is 3.21. The van der Waals surface area contributed by atoms with E-state index in [4.69, 9.17) is 15.2 Å². The summed E-state index contributed by atoms with van der Waals surface area (Å²) in [6.07, 6.45) is 0.764. The van der Waals surface area contributed by atoms with Crippen LogP contribution < -0.4 is 15.2 Å². The summed E-state index contributed by atoms with van der Waals surface area (Å²) in [5, 5.41) is 0. The van der Waals surface area contributed by atoms with Gasteiger partial charge in [-0.05, 0) is 53.5 Å². The number of methoxy groups -OCH3 is 1. The van der Waals surface area contributed by atoms with Gasteiger partial charge in [-0.15, -0.1) is 0 Å². The van der Waals surface area contributed by atoms with Gasteiger partial charge in [0, 0.05) is 11.6 Å². The summed E-state index contributed by atoms with van der Waals surface area (Å²) < 4.78 is 12.3. The zero-order chi connectivity index (χ0) is 18.5. The predicted octanol–water partition coefficient (Wildman–Crippen LogP) is 4.52. The molecule has 0 aliphatic carbocycles. The van der Waals surface area contributed by atoms with Crippen LogP contribution >= 0.6 is 15.9 Å². The molecule has 0 saturated carbocycles. The van der Waals surface area contributed by atoms with E-state index >= 15 is 0 Å². The lowest BCUT2D eigenvalue weighted by molar-refractivity contribution is 0.371. The molecule has 5 nitrogen and oxygen atoms in total. The molecule has 0 fully saturated rings. The number of halogens is 1. The van der Waals surface area contributed by atoms with Crippen LogP contribution in [0.5, 0.6) is 17.4 Å². The van der Waals surface area contributed by atoms with E-state index < -0.39 is 0 Å². The molecule has 0 aliphatic rings. The molecule has 26 heavy (non-hydrogen) atoms. The Balaban J connectivity index is 1.98. The Labute approximate surface area is 161 Å². The average molecular weight is 414 g/mol. The van der Waals surface area contributed by atoms with Gasteiger partial charge in [-0.3, -0.25) is 0 Å². The zero-order valence-corrected chi connectivity index (χ0v) is 16.3. The van der Waals surface area contributed by atoms with Crippen LogP contribution in [0.2, 0.25) is 0 Å². The van der Waals surface area contributed by atoms with E-state index in [2.05, 4.69) is 25.9 Å². The summed E-state index contributed by atoms with van der Waals surface area (Å²) in [5.41, 5.74) is 8.54. The smallest absolute Gasteiger partial charge is 0.223 e. The van der Waals surface area contributed by atoms with Crippen LogP contribution in [0.25, 0.3) is 11.3 Å². The van der Waals surface area contributed by atoms with Crippen LogP contribution in [-0.2, 0) is 6.42 Å². The highest BCUT2D eigenvalue weighted by Gasteiger charge is 2.15. The van der Waals surface area contributed by atoms with E-state index in [0.717, 1.165) is 27.7 Å². The Morgan fingerprint density at radius 3 is 2.54 bits per heavy atom. The van der Waals surface area contributed by atoms with Crippen molar-refractivity contribution in [2.75, 3.05) is 13.7 Å². The second-order valence-corrected chi connectivity index (χ2v) is 6.61. The van der Waals surface area contributed by atoms with Crippen molar-refractivity contribution in [3.05, 3.63) is 64.4 Å². The Morgan fingerprint density at radius 2 is 1.85 bits per heavy atom. The summed E-state index contributed by atoms with van der Waals surface area (Å²) in [5.74, 6) is 2.30. The highest BCUT2D eigenvalue weighted by molar-refractivity contribution is 9.10. The molecular formula is C20H20BrN3O2. The Hall–Kier alpha value is -2.44. The third kappa shape index (κ3) is 4.20. The first-order valence-corrected chi connectivity index (χ1v) is 9.05. The van der Waals surface area contributed by atoms with Gasteiger partial charge in [0.05, 0.1) is 17.3 Å². The van der Waals surface area contributed by atoms with Gasteiger partial charge in [-0.2, -0.15) is 4.98 Å². The van der Waals surface area contributed by atoms with Gasteiger partial charge in [-0.1, -0.05) is 30.3 Å². The van der Waals surface area contributed by atoms with Crippen LogP contribution in [-0.4, -0.2) is 23.6 Å². The summed E-state index contributed by atoms with van der Waals surface area (Å²) in [6.45, 7) is 2.41. The first kappa shape index (κ1) is 18.4. The standard InChI is InChI=1S/C20H20BrN3O2/c1-13-23-17(15-6-4-3-5-7-15)12-19(24-13)26-20-16(21)10-14(8-9-22)11-18(20)25-2/h3-7,10-12H,8-9,22H2,1-2H3. The quantitative estimate of drug-likeness (QED) is 0.643. The first-order chi connectivity index (χ1) is 12.6. The molecular weight excluding hydrogens is 394 g/mol. The number of benzene rings is 2. The van der Waals surface area contributed by atoms with E-state index in [1.54, 1.807) is 7.11 Å². The molecule has 134 valence electrons. The van der Waals surface area contributed by atoms with Gasteiger partial charge < -0.3 is 15.2 Å². The molecule has 0 radical (unpaired) electrons. The second kappa shape index (κ2) is 8.29. The number of aromatic nitrogens is 2. The number of rotatable bonds is 6. The number of hydrogen-bond donors (Lipinski definition) is 1. The SMILES string of the molecule is COc1cc(CCN)cc(Br)c1Oc1cc(-c2ccccc2)nc(C)n1. The normalized spacial score (nSPS) is 10.6. The lowest BCUT2D eigenvalue weighted by Gasteiger charge is -2.14. The fraction of sp³-hybridized carbons (Fsp3) is 0.200. The molecule has 1 aromatic heterocycles. The van der Waals surface area contributed by atoms with Crippen LogP contribution in [0, 0.1) is 6.92 Å². The minimum atomic E-state index is 0.460. The fourth-order valence-electron chi connectivity index (χ4n) is 2.64. The second-order valence-electron chi connectivity index (χ2n) is 5.75. The molecule has 0 bridgehead atoms. The van der Waals surface area contributed by atoms with Crippen LogP contribution in [0.1, 0.15) is 11.4 Å². The molecule has 3 aromatic rings. The predicted molar refractivity (Wildman–Crippen MR) is 106 cm³/mol. The molecule has 6 heteroatoms. The van der Waals surface area contributed by atoms with Crippen molar-refractivity contribution in [2.24, 2.45) is 5.73 Å². The van der Waals surface area contributed by atoms with Crippen molar-refractivity contribution in [3.8, 4) is 28.6 Å². The molecule has 2 N–H and O–H groups in total. The van der Waals surface area contributed by atoms with Crippen molar-refractivity contribution >= 4 is 15.9 Å². The molecule has 0 atom stereocenters. The third-order valence-corrected chi connectivity index (χ3v) is 4.40. The monoisotopic (exact) mass is 413 g/mol. The summed E-state index contributed by atoms with van der Waals surface area (Å²) in [6, 6.07) is 15.7. The molecule has 1 heterocycles. The first-order valence-electron chi connectivity index (χ1n) is 8.26. The maximum absolute atomic E-state index is 6.05. The van der Waals surface area contributed by atoms with Crippen LogP contribution in [0.3, 0.4) is 0 Å². The summed E-state index contributed by atoms with van der Waals surface area (Å²) in [7, 11) is 1.61. The molecule has 0 spiro atoms. The number of nitrogens with zero attached hydrogens (tertiary/aromatic N) is 2. The van der Waals surface area contributed by atoms with E-state index in [1.165, 1.54) is 0 Å². The van der Waals surface area contributed by atoms with Gasteiger partial charge >= 0.3 is 0 Å². The van der Waals surface area contributed by atoms with Gasteiger partial charge in [0.1, 0.15) is 5.82 Å². The number of aryl methyl sites for hydroxylation is 1. The molecule has 0 saturated heterocycles.